The van der Waals surface area contributed by atoms with Crippen LogP contribution in [0.4, 0.5) is 5.69 Å². The van der Waals surface area contributed by atoms with Crippen LogP contribution in [0.25, 0.3) is 11.0 Å². The quantitative estimate of drug-likeness (QED) is 0.593. The predicted octanol–water partition coefficient (Wildman–Crippen LogP) is 3.68. The molecule has 2 aromatic carbocycles. The third-order valence-corrected chi connectivity index (χ3v) is 4.44. The monoisotopic (exact) mass is 416 g/mol. The van der Waals surface area contributed by atoms with E-state index in [1.165, 1.54) is 0 Å². The molecule has 1 aromatic heterocycles. The van der Waals surface area contributed by atoms with E-state index in [4.69, 9.17) is 21.7 Å². The zero-order chi connectivity index (χ0) is 20.1. The van der Waals surface area contributed by atoms with E-state index in [0.717, 1.165) is 39.8 Å². The van der Waals surface area contributed by atoms with E-state index in [-0.39, 0.29) is 23.7 Å². The summed E-state index contributed by atoms with van der Waals surface area (Å²) in [6.07, 6.45) is 0.0978. The van der Waals surface area contributed by atoms with Gasteiger partial charge in [0.25, 0.3) is 5.91 Å². The van der Waals surface area contributed by atoms with E-state index < -0.39 is 0 Å². The van der Waals surface area contributed by atoms with E-state index in [2.05, 4.69) is 19.4 Å². The maximum Gasteiger partial charge on any atom is 0.264 e. The van der Waals surface area contributed by atoms with Gasteiger partial charge in [-0.3, -0.25) is 10.1 Å². The Bertz CT molecular complexity index is 987. The van der Waals surface area contributed by atoms with Gasteiger partial charge in [0.2, 0.25) is 0 Å². The maximum atomic E-state index is 12.1. The Balaban J connectivity index is 1.52. The number of aryl methyl sites for hydroxylation is 1. The number of hydrogen-bond donors (Lipinski definition) is 2. The number of ether oxygens (including phenoxy) is 2. The van der Waals surface area contributed by atoms with Gasteiger partial charge in [0.05, 0.1) is 23.5 Å². The third-order valence-electron chi connectivity index (χ3n) is 3.69. The van der Waals surface area contributed by atoms with Crippen LogP contribution >= 0.6 is 23.9 Å². The lowest BCUT2D eigenvalue weighted by Crippen LogP contribution is -2.37. The number of thiocarbonyl (C=S) groups is 1. The number of rotatable bonds is 6. The zero-order valence-electron chi connectivity index (χ0n) is 15.7. The molecule has 28 heavy (non-hydrogen) atoms. The van der Waals surface area contributed by atoms with E-state index in [9.17, 15) is 4.79 Å². The molecule has 0 unspecified atom stereocenters. The second-order valence-corrected chi connectivity index (χ2v) is 7.26. The van der Waals surface area contributed by atoms with Crippen LogP contribution in [0, 0.1) is 6.92 Å². The first-order valence-corrected chi connectivity index (χ1v) is 9.78. The number of carbonyl (C=O) groups is 1. The van der Waals surface area contributed by atoms with E-state index in [0.29, 0.717) is 5.75 Å². The summed E-state index contributed by atoms with van der Waals surface area (Å²) < 4.78 is 19.5. The molecular formula is C19H20N4O3S2. The predicted molar refractivity (Wildman–Crippen MR) is 114 cm³/mol. The normalized spacial score (nSPS) is 10.7. The summed E-state index contributed by atoms with van der Waals surface area (Å²) >= 11 is 6.36. The van der Waals surface area contributed by atoms with Crippen molar-refractivity contribution in [1.82, 2.24) is 14.1 Å². The number of carbonyl (C=O) groups excluding carboxylic acids is 1. The Kier molecular flexibility index (Phi) is 6.37. The second kappa shape index (κ2) is 8.94. The van der Waals surface area contributed by atoms with Crippen LogP contribution in [0.15, 0.2) is 36.4 Å². The first-order valence-electron chi connectivity index (χ1n) is 8.64. The minimum Gasteiger partial charge on any atom is -0.491 e. The molecule has 0 saturated heterocycles. The number of amides is 1. The third kappa shape index (κ3) is 5.14. The molecule has 2 N–H and O–H groups in total. The fourth-order valence-corrected chi connectivity index (χ4v) is 3.21. The van der Waals surface area contributed by atoms with Gasteiger partial charge in [-0.15, -0.1) is 0 Å². The number of nitrogens with one attached hydrogen (secondary N) is 2. The van der Waals surface area contributed by atoms with Crippen LogP contribution in [0.2, 0.25) is 0 Å². The first kappa shape index (κ1) is 20.0. The number of hydrogen-bond acceptors (Lipinski definition) is 7. The minimum absolute atomic E-state index is 0.0978. The van der Waals surface area contributed by atoms with Gasteiger partial charge in [-0.2, -0.15) is 8.75 Å². The molecule has 0 bridgehead atoms. The Morgan fingerprint density at radius 2 is 1.86 bits per heavy atom. The molecule has 9 heteroatoms. The molecule has 3 rings (SSSR count). The molecule has 0 fully saturated rings. The molecule has 0 radical (unpaired) electrons. The molecule has 1 heterocycles. The van der Waals surface area contributed by atoms with Crippen LogP contribution in [-0.2, 0) is 4.79 Å². The average Bonchev–Trinajstić information content (AvgIpc) is 3.12. The summed E-state index contributed by atoms with van der Waals surface area (Å²) in [6.45, 7) is 5.69. The van der Waals surface area contributed by atoms with Crippen molar-refractivity contribution in [2.24, 2.45) is 0 Å². The van der Waals surface area contributed by atoms with Crippen molar-refractivity contribution in [3.63, 3.8) is 0 Å². The Labute approximate surface area is 172 Å². The van der Waals surface area contributed by atoms with Gasteiger partial charge in [0.15, 0.2) is 11.7 Å². The lowest BCUT2D eigenvalue weighted by Gasteiger charge is -2.13. The van der Waals surface area contributed by atoms with Crippen LogP contribution in [0.3, 0.4) is 0 Å². The fourth-order valence-electron chi connectivity index (χ4n) is 2.45. The molecule has 146 valence electrons. The summed E-state index contributed by atoms with van der Waals surface area (Å²) in [5, 5.41) is 5.81. The molecule has 7 nitrogen and oxygen atoms in total. The van der Waals surface area contributed by atoms with Crippen LogP contribution in [-0.4, -0.2) is 32.5 Å². The second-order valence-electron chi connectivity index (χ2n) is 6.32. The number of aromatic nitrogens is 2. The summed E-state index contributed by atoms with van der Waals surface area (Å²) in [5.41, 5.74) is 3.19. The van der Waals surface area contributed by atoms with Crippen LogP contribution < -0.4 is 20.1 Å². The lowest BCUT2D eigenvalue weighted by molar-refractivity contribution is -0.121. The first-order chi connectivity index (χ1) is 13.4. The molecule has 0 aliphatic rings. The molecule has 0 aliphatic carbocycles. The Hall–Kier alpha value is -2.78. The Morgan fingerprint density at radius 1 is 1.14 bits per heavy atom. The van der Waals surface area contributed by atoms with Crippen molar-refractivity contribution >= 4 is 51.7 Å². The van der Waals surface area contributed by atoms with E-state index in [1.807, 2.05) is 32.9 Å². The minimum atomic E-state index is -0.360. The molecule has 0 aliphatic heterocycles. The highest BCUT2D eigenvalue weighted by Gasteiger charge is 2.12. The number of fused-ring (bicyclic) bond motifs is 1. The molecule has 0 atom stereocenters. The van der Waals surface area contributed by atoms with E-state index in [1.54, 1.807) is 24.3 Å². The van der Waals surface area contributed by atoms with Crippen molar-refractivity contribution in [2.45, 2.75) is 26.9 Å². The van der Waals surface area contributed by atoms with Crippen molar-refractivity contribution in [1.29, 1.82) is 0 Å². The van der Waals surface area contributed by atoms with Gasteiger partial charge < -0.3 is 14.8 Å². The fraction of sp³-hybridized carbons (Fsp3) is 0.263. The van der Waals surface area contributed by atoms with Gasteiger partial charge >= 0.3 is 0 Å². The Morgan fingerprint density at radius 3 is 2.57 bits per heavy atom. The maximum absolute atomic E-state index is 12.1. The number of anilines is 1. The highest BCUT2D eigenvalue weighted by molar-refractivity contribution is 7.80. The van der Waals surface area contributed by atoms with Crippen molar-refractivity contribution in [2.75, 3.05) is 11.9 Å². The van der Waals surface area contributed by atoms with Crippen LogP contribution in [0.1, 0.15) is 19.4 Å². The van der Waals surface area contributed by atoms with Crippen LogP contribution in [0.5, 0.6) is 11.5 Å². The van der Waals surface area contributed by atoms with Gasteiger partial charge in [-0.1, -0.05) is 6.07 Å². The summed E-state index contributed by atoms with van der Waals surface area (Å²) in [5.74, 6) is 0.957. The molecule has 1 amide bonds. The van der Waals surface area contributed by atoms with Gasteiger partial charge in [0.1, 0.15) is 22.5 Å². The summed E-state index contributed by atoms with van der Waals surface area (Å²) in [4.78, 5) is 12.1. The lowest BCUT2D eigenvalue weighted by atomic mass is 10.1. The van der Waals surface area contributed by atoms with E-state index >= 15 is 0 Å². The smallest absolute Gasteiger partial charge is 0.264 e. The molecule has 0 saturated carbocycles. The molecule has 0 spiro atoms. The van der Waals surface area contributed by atoms with Crippen molar-refractivity contribution < 1.29 is 14.3 Å². The molecule has 3 aromatic rings. The highest BCUT2D eigenvalue weighted by Crippen LogP contribution is 2.25. The standard InChI is InChI=1S/C19H20N4O3S2/c1-11(2)26-14-7-5-13(6-8-14)25-10-16(24)20-19(27)21-17-12(3)4-9-15-18(17)23-28-22-15/h4-9,11H,10H2,1-3H3,(H2,20,21,24,27). The highest BCUT2D eigenvalue weighted by atomic mass is 32.1. The topological polar surface area (TPSA) is 85.4 Å². The molecular weight excluding hydrogens is 396 g/mol. The SMILES string of the molecule is Cc1ccc2nsnc2c1NC(=S)NC(=O)COc1ccc(OC(C)C)cc1. The van der Waals surface area contributed by atoms with Gasteiger partial charge in [-0.05, 0) is 68.9 Å². The number of benzene rings is 2. The summed E-state index contributed by atoms with van der Waals surface area (Å²) in [6, 6.07) is 10.9. The van der Waals surface area contributed by atoms with Gasteiger partial charge in [-0.25, -0.2) is 0 Å². The largest absolute Gasteiger partial charge is 0.491 e. The zero-order valence-corrected chi connectivity index (χ0v) is 17.3. The van der Waals surface area contributed by atoms with Gasteiger partial charge in [0, 0.05) is 0 Å². The summed E-state index contributed by atoms with van der Waals surface area (Å²) in [7, 11) is 0. The van der Waals surface area contributed by atoms with Crippen molar-refractivity contribution in [3.05, 3.63) is 42.0 Å². The van der Waals surface area contributed by atoms with Crippen molar-refractivity contribution in [3.8, 4) is 11.5 Å². The number of nitrogens with zero attached hydrogens (tertiary/aromatic N) is 2. The average molecular weight is 417 g/mol.